The van der Waals surface area contributed by atoms with E-state index in [1.54, 1.807) is 24.3 Å². The summed E-state index contributed by atoms with van der Waals surface area (Å²) in [6.45, 7) is 2.49. The molecule has 0 aliphatic heterocycles. The summed E-state index contributed by atoms with van der Waals surface area (Å²) in [7, 11) is 1.35. The number of hydrogen-bond donors (Lipinski definition) is 2. The Hall–Kier alpha value is -2.34. The molecule has 0 radical (unpaired) electrons. The number of rotatable bonds is 6. The van der Waals surface area contributed by atoms with Crippen molar-refractivity contribution >= 4 is 39.2 Å². The van der Waals surface area contributed by atoms with Gasteiger partial charge in [0, 0.05) is 28.8 Å². The molecule has 0 aliphatic carbocycles. The summed E-state index contributed by atoms with van der Waals surface area (Å²) in [6.07, 6.45) is 0.338. The zero-order chi connectivity index (χ0) is 17.5. The van der Waals surface area contributed by atoms with E-state index < -0.39 is 0 Å². The van der Waals surface area contributed by atoms with Gasteiger partial charge in [0.1, 0.15) is 0 Å². The van der Waals surface area contributed by atoms with Gasteiger partial charge in [0.2, 0.25) is 5.91 Å². The van der Waals surface area contributed by atoms with Gasteiger partial charge in [-0.25, -0.2) is 4.79 Å². The molecule has 6 heteroatoms. The minimum atomic E-state index is -0.370. The van der Waals surface area contributed by atoms with E-state index in [0.717, 1.165) is 21.4 Å². The number of methoxy groups -OCH3 is 1. The van der Waals surface area contributed by atoms with Crippen LogP contribution in [0.2, 0.25) is 0 Å². The third-order valence-electron chi connectivity index (χ3n) is 3.44. The van der Waals surface area contributed by atoms with E-state index in [-0.39, 0.29) is 11.9 Å². The topological polar surface area (TPSA) is 67.4 Å². The molecule has 0 bridgehead atoms. The average Bonchev–Trinajstić information content (AvgIpc) is 2.58. The summed E-state index contributed by atoms with van der Waals surface area (Å²) < 4.78 is 5.61. The number of anilines is 2. The van der Waals surface area contributed by atoms with Crippen molar-refractivity contribution in [1.82, 2.24) is 0 Å². The number of ether oxygens (including phenoxy) is 1. The fourth-order valence-corrected chi connectivity index (χ4v) is 2.44. The molecule has 0 saturated heterocycles. The van der Waals surface area contributed by atoms with E-state index in [1.165, 1.54) is 7.11 Å². The molecule has 2 rings (SSSR count). The van der Waals surface area contributed by atoms with E-state index in [1.807, 2.05) is 25.1 Å². The smallest absolute Gasteiger partial charge is 0.337 e. The van der Waals surface area contributed by atoms with Crippen molar-refractivity contribution in [1.29, 1.82) is 0 Å². The van der Waals surface area contributed by atoms with Crippen LogP contribution in [0.5, 0.6) is 0 Å². The number of carbonyl (C=O) groups is 2. The molecule has 1 amide bonds. The zero-order valence-corrected chi connectivity index (χ0v) is 15.1. The van der Waals surface area contributed by atoms with Gasteiger partial charge >= 0.3 is 5.97 Å². The highest BCUT2D eigenvalue weighted by Crippen LogP contribution is 2.20. The lowest BCUT2D eigenvalue weighted by Gasteiger charge is -2.09. The SMILES string of the molecule is COC(=O)c1ccc(NCCC(=O)Nc2ccc(C)c(Br)c2)cc1. The Morgan fingerprint density at radius 3 is 2.38 bits per heavy atom. The molecular weight excluding hydrogens is 372 g/mol. The normalized spacial score (nSPS) is 10.1. The minimum Gasteiger partial charge on any atom is -0.465 e. The summed E-state index contributed by atoms with van der Waals surface area (Å²) in [5.41, 5.74) is 3.21. The largest absolute Gasteiger partial charge is 0.465 e. The summed E-state index contributed by atoms with van der Waals surface area (Å²) in [5, 5.41) is 6.00. The van der Waals surface area contributed by atoms with Crippen molar-refractivity contribution in [2.24, 2.45) is 0 Å². The standard InChI is InChI=1S/C18H19BrN2O3/c1-12-3-6-15(11-16(12)19)21-17(22)9-10-20-14-7-4-13(5-8-14)18(23)24-2/h3-8,11,20H,9-10H2,1-2H3,(H,21,22). The van der Waals surface area contributed by atoms with E-state index >= 15 is 0 Å². The number of amides is 1. The maximum atomic E-state index is 12.0. The highest BCUT2D eigenvalue weighted by molar-refractivity contribution is 9.10. The lowest BCUT2D eigenvalue weighted by atomic mass is 10.2. The predicted octanol–water partition coefficient (Wildman–Crippen LogP) is 3.98. The monoisotopic (exact) mass is 390 g/mol. The Kier molecular flexibility index (Phi) is 6.37. The van der Waals surface area contributed by atoms with Crippen molar-refractivity contribution < 1.29 is 14.3 Å². The molecule has 126 valence electrons. The molecule has 0 spiro atoms. The van der Waals surface area contributed by atoms with Crippen LogP contribution < -0.4 is 10.6 Å². The van der Waals surface area contributed by atoms with Crippen LogP contribution in [0, 0.1) is 6.92 Å². The van der Waals surface area contributed by atoms with Gasteiger partial charge in [-0.2, -0.15) is 0 Å². The Morgan fingerprint density at radius 2 is 1.75 bits per heavy atom. The van der Waals surface area contributed by atoms with Crippen LogP contribution in [0.25, 0.3) is 0 Å². The molecule has 0 aliphatic rings. The predicted molar refractivity (Wildman–Crippen MR) is 98.4 cm³/mol. The Labute approximate surface area is 149 Å². The van der Waals surface area contributed by atoms with Crippen molar-refractivity contribution in [3.63, 3.8) is 0 Å². The lowest BCUT2D eigenvalue weighted by molar-refractivity contribution is -0.115. The Bertz CT molecular complexity index is 730. The quantitative estimate of drug-likeness (QED) is 0.731. The molecule has 5 nitrogen and oxygen atoms in total. The van der Waals surface area contributed by atoms with Crippen molar-refractivity contribution in [3.8, 4) is 0 Å². The first-order chi connectivity index (χ1) is 11.5. The summed E-state index contributed by atoms with van der Waals surface area (Å²) in [4.78, 5) is 23.3. The van der Waals surface area contributed by atoms with Crippen LogP contribution in [0.3, 0.4) is 0 Å². The van der Waals surface area contributed by atoms with E-state index in [9.17, 15) is 9.59 Å². The van der Waals surface area contributed by atoms with Crippen LogP contribution in [0.15, 0.2) is 46.9 Å². The highest BCUT2D eigenvalue weighted by atomic mass is 79.9. The van der Waals surface area contributed by atoms with Crippen molar-refractivity contribution in [2.75, 3.05) is 24.3 Å². The molecule has 2 N–H and O–H groups in total. The minimum absolute atomic E-state index is 0.0653. The molecule has 0 atom stereocenters. The van der Waals surface area contributed by atoms with Gasteiger partial charge in [-0.3, -0.25) is 4.79 Å². The van der Waals surface area contributed by atoms with Crippen molar-refractivity contribution in [3.05, 3.63) is 58.1 Å². The number of hydrogen-bond acceptors (Lipinski definition) is 4. The second-order valence-corrected chi connectivity index (χ2v) is 6.11. The second-order valence-electron chi connectivity index (χ2n) is 5.26. The summed E-state index contributed by atoms with van der Waals surface area (Å²) >= 11 is 3.44. The van der Waals surface area contributed by atoms with Gasteiger partial charge in [0.15, 0.2) is 0 Å². The van der Waals surface area contributed by atoms with Gasteiger partial charge in [0.05, 0.1) is 12.7 Å². The summed E-state index contributed by atoms with van der Waals surface area (Å²) in [5.74, 6) is -0.436. The van der Waals surface area contributed by atoms with Gasteiger partial charge in [-0.1, -0.05) is 22.0 Å². The second kappa shape index (κ2) is 8.49. The fraction of sp³-hybridized carbons (Fsp3) is 0.222. The van der Waals surface area contributed by atoms with Crippen LogP contribution in [0.1, 0.15) is 22.3 Å². The summed E-state index contributed by atoms with van der Waals surface area (Å²) in [6, 6.07) is 12.6. The van der Waals surface area contributed by atoms with Crippen molar-refractivity contribution in [2.45, 2.75) is 13.3 Å². The molecule has 0 fully saturated rings. The fourth-order valence-electron chi connectivity index (χ4n) is 2.06. The van der Waals surface area contributed by atoms with Crippen LogP contribution >= 0.6 is 15.9 Å². The maximum absolute atomic E-state index is 12.0. The highest BCUT2D eigenvalue weighted by Gasteiger charge is 2.06. The van der Waals surface area contributed by atoms with Gasteiger partial charge < -0.3 is 15.4 Å². The van der Waals surface area contributed by atoms with Crippen LogP contribution in [-0.4, -0.2) is 25.5 Å². The van der Waals surface area contributed by atoms with Gasteiger partial charge in [0.25, 0.3) is 0 Å². The van der Waals surface area contributed by atoms with E-state index in [2.05, 4.69) is 31.3 Å². The number of aryl methyl sites for hydroxylation is 1. The zero-order valence-electron chi connectivity index (χ0n) is 13.6. The molecule has 2 aromatic carbocycles. The van der Waals surface area contributed by atoms with E-state index in [4.69, 9.17) is 0 Å². The Morgan fingerprint density at radius 1 is 1.08 bits per heavy atom. The number of nitrogens with one attached hydrogen (secondary N) is 2. The van der Waals surface area contributed by atoms with Crippen LogP contribution in [-0.2, 0) is 9.53 Å². The molecule has 0 unspecified atom stereocenters. The molecule has 24 heavy (non-hydrogen) atoms. The first-order valence-electron chi connectivity index (χ1n) is 7.48. The molecule has 0 heterocycles. The molecule has 2 aromatic rings. The first kappa shape index (κ1) is 18.0. The first-order valence-corrected chi connectivity index (χ1v) is 8.27. The van der Waals surface area contributed by atoms with Crippen LogP contribution in [0.4, 0.5) is 11.4 Å². The third kappa shape index (κ3) is 5.09. The molecule has 0 aromatic heterocycles. The number of benzene rings is 2. The molecule has 0 saturated carbocycles. The number of esters is 1. The number of halogens is 1. The Balaban J connectivity index is 1.79. The molecular formula is C18H19BrN2O3. The average molecular weight is 391 g/mol. The third-order valence-corrected chi connectivity index (χ3v) is 4.30. The van der Waals surface area contributed by atoms with Gasteiger partial charge in [-0.05, 0) is 48.9 Å². The maximum Gasteiger partial charge on any atom is 0.337 e. The number of carbonyl (C=O) groups excluding carboxylic acids is 2. The lowest BCUT2D eigenvalue weighted by Crippen LogP contribution is -2.16. The van der Waals surface area contributed by atoms with Gasteiger partial charge in [-0.15, -0.1) is 0 Å². The van der Waals surface area contributed by atoms with E-state index in [0.29, 0.717) is 18.5 Å².